The Hall–Kier alpha value is -2.51. The molecule has 2 aromatic carbocycles. The highest BCUT2D eigenvalue weighted by atomic mass is 32.2. The van der Waals surface area contributed by atoms with E-state index in [1.54, 1.807) is 12.3 Å². The Morgan fingerprint density at radius 3 is 2.65 bits per heavy atom. The van der Waals surface area contributed by atoms with Gasteiger partial charge in [0.05, 0.1) is 13.3 Å². The van der Waals surface area contributed by atoms with Gasteiger partial charge in [-0.05, 0) is 37.4 Å². The minimum Gasteiger partial charge on any atom is -0.504 e. The molecule has 0 aliphatic carbocycles. The molecule has 0 fully saturated rings. The lowest BCUT2D eigenvalue weighted by Gasteiger charge is -2.14. The predicted molar refractivity (Wildman–Crippen MR) is 109 cm³/mol. The Kier molecular flexibility index (Phi) is 7.50. The third kappa shape index (κ3) is 6.09. The maximum Gasteiger partial charge on any atom is 0.180 e. The van der Waals surface area contributed by atoms with Crippen molar-refractivity contribution in [2.75, 3.05) is 21.2 Å². The smallest absolute Gasteiger partial charge is 0.180 e. The van der Waals surface area contributed by atoms with Gasteiger partial charge in [0.15, 0.2) is 16.7 Å². The monoisotopic (exact) mass is 372 g/mol. The van der Waals surface area contributed by atoms with Crippen molar-refractivity contribution in [2.45, 2.75) is 12.3 Å². The lowest BCUT2D eigenvalue weighted by molar-refractivity contribution is 0.354. The number of phenols is 1. The van der Waals surface area contributed by atoms with E-state index in [4.69, 9.17) is 10.5 Å². The number of rotatable bonds is 7. The van der Waals surface area contributed by atoms with Gasteiger partial charge in [0, 0.05) is 17.9 Å². The summed E-state index contributed by atoms with van der Waals surface area (Å²) < 4.78 is 5.23. The summed E-state index contributed by atoms with van der Waals surface area (Å²) in [6.07, 6.45) is 1.59. The van der Waals surface area contributed by atoms with Crippen LogP contribution in [-0.2, 0) is 12.3 Å². The third-order valence-electron chi connectivity index (χ3n) is 3.48. The fraction of sp³-hybridized carbons (Fsp3) is 0.263. The number of thioether (sulfide) groups is 1. The van der Waals surface area contributed by atoms with Crippen LogP contribution < -0.4 is 10.5 Å². The molecular weight excluding hydrogens is 348 g/mol. The van der Waals surface area contributed by atoms with Gasteiger partial charge in [-0.15, -0.1) is 5.10 Å². The summed E-state index contributed by atoms with van der Waals surface area (Å²) in [6, 6.07) is 13.6. The molecule has 0 spiro atoms. The van der Waals surface area contributed by atoms with Gasteiger partial charge >= 0.3 is 0 Å². The zero-order chi connectivity index (χ0) is 18.9. The van der Waals surface area contributed by atoms with Gasteiger partial charge in [0.1, 0.15) is 0 Å². The second-order valence-electron chi connectivity index (χ2n) is 5.93. The molecule has 0 radical (unpaired) electrons. The molecule has 2 aromatic rings. The Bertz CT molecular complexity index is 777. The third-order valence-corrected chi connectivity index (χ3v) is 4.33. The summed E-state index contributed by atoms with van der Waals surface area (Å²) in [6.45, 7) is 0.586. The van der Waals surface area contributed by atoms with Crippen molar-refractivity contribution in [1.82, 2.24) is 4.90 Å². The van der Waals surface area contributed by atoms with Crippen molar-refractivity contribution in [3.63, 3.8) is 0 Å². The van der Waals surface area contributed by atoms with Crippen molar-refractivity contribution in [3.05, 3.63) is 59.2 Å². The van der Waals surface area contributed by atoms with E-state index in [0.29, 0.717) is 17.5 Å². The molecule has 3 N–H and O–H groups in total. The van der Waals surface area contributed by atoms with E-state index in [-0.39, 0.29) is 5.75 Å². The highest BCUT2D eigenvalue weighted by molar-refractivity contribution is 8.13. The number of phenolic OH excluding ortho intramolecular Hbond substituents is 1. The zero-order valence-corrected chi connectivity index (χ0v) is 16.0. The maximum atomic E-state index is 10.2. The molecule has 6 nitrogen and oxygen atoms in total. The van der Waals surface area contributed by atoms with Crippen molar-refractivity contribution in [1.29, 1.82) is 0 Å². The summed E-state index contributed by atoms with van der Waals surface area (Å²) in [5.74, 6) is 1.28. The first kappa shape index (κ1) is 19.8. The Labute approximate surface area is 158 Å². The van der Waals surface area contributed by atoms with Crippen LogP contribution in [0.25, 0.3) is 0 Å². The van der Waals surface area contributed by atoms with E-state index in [9.17, 15) is 5.11 Å². The molecule has 0 heterocycles. The highest BCUT2D eigenvalue weighted by Gasteiger charge is 2.10. The van der Waals surface area contributed by atoms with Gasteiger partial charge < -0.3 is 20.5 Å². The van der Waals surface area contributed by atoms with Crippen LogP contribution in [0.3, 0.4) is 0 Å². The molecule has 138 valence electrons. The minimum absolute atomic E-state index is 0.139. The van der Waals surface area contributed by atoms with Crippen LogP contribution in [0.5, 0.6) is 11.5 Å². The minimum atomic E-state index is 0.139. The number of methoxy groups -OCH3 is 1. The first-order chi connectivity index (χ1) is 12.5. The highest BCUT2D eigenvalue weighted by Crippen LogP contribution is 2.31. The number of amidine groups is 1. The summed E-state index contributed by atoms with van der Waals surface area (Å²) in [7, 11) is 5.38. The van der Waals surface area contributed by atoms with Crippen LogP contribution in [0.15, 0.2) is 52.7 Å². The average Bonchev–Trinajstić information content (AvgIpc) is 2.63. The molecule has 0 amide bonds. The number of hydrogen-bond acceptors (Lipinski definition) is 6. The van der Waals surface area contributed by atoms with Crippen LogP contribution in [0.2, 0.25) is 0 Å². The van der Waals surface area contributed by atoms with Crippen molar-refractivity contribution < 1.29 is 9.84 Å². The fourth-order valence-electron chi connectivity index (χ4n) is 2.29. The summed E-state index contributed by atoms with van der Waals surface area (Å²) in [5, 5.41) is 18.7. The van der Waals surface area contributed by atoms with Gasteiger partial charge in [-0.25, -0.2) is 0 Å². The lowest BCUT2D eigenvalue weighted by atomic mass is 10.1. The molecule has 0 aliphatic heterocycles. The average molecular weight is 372 g/mol. The Morgan fingerprint density at radius 2 is 2.00 bits per heavy atom. The molecule has 0 aromatic heterocycles. The number of benzene rings is 2. The van der Waals surface area contributed by atoms with Crippen molar-refractivity contribution in [2.24, 2.45) is 15.9 Å². The van der Waals surface area contributed by atoms with Gasteiger partial charge in [-0.2, -0.15) is 5.10 Å². The fourth-order valence-corrected chi connectivity index (χ4v) is 2.91. The zero-order valence-electron chi connectivity index (χ0n) is 15.2. The molecule has 26 heavy (non-hydrogen) atoms. The lowest BCUT2D eigenvalue weighted by Crippen LogP contribution is -2.11. The van der Waals surface area contributed by atoms with E-state index in [1.165, 1.54) is 24.4 Å². The Balaban J connectivity index is 2.06. The molecule has 0 unspecified atom stereocenters. The summed E-state index contributed by atoms with van der Waals surface area (Å²) in [4.78, 5) is 1.96. The van der Waals surface area contributed by atoms with Crippen LogP contribution in [0, 0.1) is 0 Å². The number of nitrogens with zero attached hydrogens (tertiary/aromatic N) is 3. The number of hydrogen-bond donors (Lipinski definition) is 2. The molecule has 0 saturated carbocycles. The molecule has 7 heteroatoms. The molecular formula is C19H24N4O2S. The van der Waals surface area contributed by atoms with Crippen LogP contribution in [0.4, 0.5) is 0 Å². The van der Waals surface area contributed by atoms with E-state index in [1.807, 2.05) is 55.4 Å². The SMILES string of the molecule is COc1cc(C=NN=C(N)SCc2ccccc2)cc(CN(C)C)c1O. The van der Waals surface area contributed by atoms with Gasteiger partial charge in [-0.3, -0.25) is 0 Å². The Morgan fingerprint density at radius 1 is 1.27 bits per heavy atom. The molecule has 0 aliphatic rings. The van der Waals surface area contributed by atoms with Crippen LogP contribution in [-0.4, -0.2) is 42.6 Å². The quantitative estimate of drug-likeness (QED) is 0.443. The van der Waals surface area contributed by atoms with Gasteiger partial charge in [-0.1, -0.05) is 42.1 Å². The normalized spacial score (nSPS) is 12.1. The number of aromatic hydroxyl groups is 1. The first-order valence-corrected chi connectivity index (χ1v) is 9.06. The topological polar surface area (TPSA) is 83.4 Å². The summed E-state index contributed by atoms with van der Waals surface area (Å²) in [5.41, 5.74) is 8.60. The molecule has 0 saturated heterocycles. The predicted octanol–water partition coefficient (Wildman–Crippen LogP) is 3.04. The first-order valence-electron chi connectivity index (χ1n) is 8.07. The van der Waals surface area contributed by atoms with E-state index in [0.717, 1.165) is 16.9 Å². The largest absolute Gasteiger partial charge is 0.504 e. The summed E-state index contributed by atoms with van der Waals surface area (Å²) >= 11 is 1.43. The molecule has 2 rings (SSSR count). The number of ether oxygens (including phenoxy) is 1. The molecule has 0 atom stereocenters. The van der Waals surface area contributed by atoms with E-state index in [2.05, 4.69) is 10.2 Å². The van der Waals surface area contributed by atoms with E-state index < -0.39 is 0 Å². The van der Waals surface area contributed by atoms with Crippen LogP contribution >= 0.6 is 11.8 Å². The van der Waals surface area contributed by atoms with Crippen LogP contribution in [0.1, 0.15) is 16.7 Å². The molecule has 0 bridgehead atoms. The van der Waals surface area contributed by atoms with Crippen molar-refractivity contribution in [3.8, 4) is 11.5 Å². The van der Waals surface area contributed by atoms with Gasteiger partial charge in [0.2, 0.25) is 0 Å². The van der Waals surface area contributed by atoms with E-state index >= 15 is 0 Å². The second-order valence-corrected chi connectivity index (χ2v) is 6.92. The van der Waals surface area contributed by atoms with Crippen molar-refractivity contribution >= 4 is 23.1 Å². The maximum absolute atomic E-state index is 10.2. The van der Waals surface area contributed by atoms with Gasteiger partial charge in [0.25, 0.3) is 0 Å². The standard InChI is InChI=1S/C19H24N4O2S/c1-23(2)12-16-9-15(10-17(25-3)18(16)24)11-21-22-19(20)26-13-14-7-5-4-6-8-14/h4-11,24H,12-13H2,1-3H3,(H2,20,22). The number of nitrogens with two attached hydrogens (primary N) is 1. The second kappa shape index (κ2) is 9.84.